The van der Waals surface area contributed by atoms with E-state index in [9.17, 15) is 10.2 Å². The Kier molecular flexibility index (Phi) is 8.36. The Bertz CT molecular complexity index is 566. The summed E-state index contributed by atoms with van der Waals surface area (Å²) in [5, 5.41) is 19.9. The maximum atomic E-state index is 10.4. The van der Waals surface area contributed by atoms with E-state index in [0.29, 0.717) is 0 Å². The predicted octanol–water partition coefficient (Wildman–Crippen LogP) is 3.87. The van der Waals surface area contributed by atoms with Crippen LogP contribution in [0, 0.1) is 11.8 Å². The van der Waals surface area contributed by atoms with Crippen molar-refractivity contribution >= 4 is 8.07 Å². The molecule has 0 amide bonds. The van der Waals surface area contributed by atoms with Crippen molar-refractivity contribution < 1.29 is 14.9 Å². The van der Waals surface area contributed by atoms with Crippen LogP contribution in [0.15, 0.2) is 30.3 Å². The molecule has 0 saturated carbocycles. The van der Waals surface area contributed by atoms with Gasteiger partial charge in [0.05, 0.1) is 20.8 Å². The lowest BCUT2D eigenvalue weighted by Crippen LogP contribution is -2.47. The van der Waals surface area contributed by atoms with Gasteiger partial charge in [-0.25, -0.2) is 0 Å². The molecule has 1 rings (SSSR count). The van der Waals surface area contributed by atoms with E-state index in [2.05, 4.69) is 57.8 Å². The number of aryl methyl sites for hydroxylation is 1. The van der Waals surface area contributed by atoms with E-state index in [0.717, 1.165) is 12.8 Å². The first-order chi connectivity index (χ1) is 11.6. The highest BCUT2D eigenvalue weighted by Crippen LogP contribution is 2.44. The monoisotopic (exact) mass is 362 g/mol. The first kappa shape index (κ1) is 21.9. The first-order valence-electron chi connectivity index (χ1n) is 9.00. The standard InChI is InChI=1S/C21H34O3Si/c1-21(2,3)25(5,6)20(19(23)16-22)15-14-18(24-4)13-12-17-10-8-7-9-11-17/h7-11,18-20,22-23H,12-13,16H2,1-6H3/t18?,19-,20+/m0/s1. The van der Waals surface area contributed by atoms with Gasteiger partial charge in [0.2, 0.25) is 0 Å². The van der Waals surface area contributed by atoms with Crippen LogP contribution in [-0.2, 0) is 11.2 Å². The van der Waals surface area contributed by atoms with Crippen LogP contribution in [0.4, 0.5) is 0 Å². The molecule has 0 aromatic heterocycles. The molecule has 3 nitrogen and oxygen atoms in total. The maximum absolute atomic E-state index is 10.4. The number of benzene rings is 1. The highest BCUT2D eigenvalue weighted by molar-refractivity contribution is 6.82. The van der Waals surface area contributed by atoms with Crippen LogP contribution in [-0.4, -0.2) is 44.2 Å². The number of rotatable bonds is 7. The summed E-state index contributed by atoms with van der Waals surface area (Å²) in [6, 6.07) is 10.3. The van der Waals surface area contributed by atoms with Gasteiger partial charge in [-0.15, -0.1) is 0 Å². The van der Waals surface area contributed by atoms with Crippen LogP contribution in [0.25, 0.3) is 0 Å². The van der Waals surface area contributed by atoms with Gasteiger partial charge in [-0.1, -0.05) is 76.0 Å². The summed E-state index contributed by atoms with van der Waals surface area (Å²) in [6.07, 6.45) is 0.743. The molecule has 1 unspecified atom stereocenters. The Balaban J connectivity index is 2.91. The fourth-order valence-corrected chi connectivity index (χ4v) is 5.15. The molecule has 0 fully saturated rings. The summed E-state index contributed by atoms with van der Waals surface area (Å²) in [7, 11) is -0.249. The Labute approximate surface area is 154 Å². The van der Waals surface area contributed by atoms with Crippen LogP contribution < -0.4 is 0 Å². The zero-order chi connectivity index (χ0) is 19.1. The Morgan fingerprint density at radius 2 is 1.72 bits per heavy atom. The quantitative estimate of drug-likeness (QED) is 0.572. The van der Waals surface area contributed by atoms with Crippen molar-refractivity contribution in [3.05, 3.63) is 35.9 Å². The van der Waals surface area contributed by atoms with Gasteiger partial charge in [-0.3, -0.25) is 0 Å². The number of ether oxygens (including phenoxy) is 1. The van der Waals surface area contributed by atoms with E-state index >= 15 is 0 Å². The van der Waals surface area contributed by atoms with Crippen LogP contribution in [0.5, 0.6) is 0 Å². The molecule has 0 radical (unpaired) electrons. The summed E-state index contributed by atoms with van der Waals surface area (Å²) < 4.78 is 5.53. The van der Waals surface area contributed by atoms with Gasteiger partial charge in [-0.05, 0) is 23.4 Å². The minimum atomic E-state index is -1.92. The van der Waals surface area contributed by atoms with Crippen LogP contribution in [0.2, 0.25) is 23.7 Å². The van der Waals surface area contributed by atoms with Crippen LogP contribution in [0.1, 0.15) is 32.8 Å². The normalized spacial score (nSPS) is 15.8. The molecular formula is C21H34O3Si. The molecule has 0 aliphatic heterocycles. The van der Waals surface area contributed by atoms with Crippen molar-refractivity contribution in [2.45, 2.75) is 69.5 Å². The molecule has 0 saturated heterocycles. The van der Waals surface area contributed by atoms with E-state index in [1.807, 2.05) is 18.2 Å². The Morgan fingerprint density at radius 3 is 2.20 bits per heavy atom. The van der Waals surface area contributed by atoms with Crippen molar-refractivity contribution in [2.75, 3.05) is 13.7 Å². The third-order valence-electron chi connectivity index (χ3n) is 5.50. The van der Waals surface area contributed by atoms with Gasteiger partial charge >= 0.3 is 0 Å². The second-order valence-electron chi connectivity index (χ2n) is 8.24. The molecule has 0 heterocycles. The van der Waals surface area contributed by atoms with Gasteiger partial charge in [0.25, 0.3) is 0 Å². The summed E-state index contributed by atoms with van der Waals surface area (Å²) in [5.74, 6) is 6.51. The second-order valence-corrected chi connectivity index (χ2v) is 13.8. The SMILES string of the molecule is COC(C#C[C@H]([C@@H](O)CO)[Si](C)(C)C(C)(C)C)CCc1ccccc1. The Morgan fingerprint density at radius 1 is 1.12 bits per heavy atom. The topological polar surface area (TPSA) is 49.7 Å². The molecule has 25 heavy (non-hydrogen) atoms. The van der Waals surface area contributed by atoms with Gasteiger partial charge in [0.15, 0.2) is 0 Å². The van der Waals surface area contributed by atoms with Crippen molar-refractivity contribution in [2.24, 2.45) is 0 Å². The average Bonchev–Trinajstić information content (AvgIpc) is 2.57. The zero-order valence-electron chi connectivity index (χ0n) is 16.5. The van der Waals surface area contributed by atoms with Crippen molar-refractivity contribution in [3.8, 4) is 11.8 Å². The lowest BCUT2D eigenvalue weighted by molar-refractivity contribution is 0.0966. The highest BCUT2D eigenvalue weighted by atomic mass is 28.3. The number of aliphatic hydroxyl groups is 2. The van der Waals surface area contributed by atoms with E-state index in [1.54, 1.807) is 7.11 Å². The summed E-state index contributed by atoms with van der Waals surface area (Å²) in [5.41, 5.74) is 1.08. The fraction of sp³-hybridized carbons (Fsp3) is 0.619. The molecule has 0 aliphatic carbocycles. The number of methoxy groups -OCH3 is 1. The van der Waals surface area contributed by atoms with Crippen molar-refractivity contribution in [3.63, 3.8) is 0 Å². The van der Waals surface area contributed by atoms with Gasteiger partial charge < -0.3 is 14.9 Å². The largest absolute Gasteiger partial charge is 0.394 e. The number of aliphatic hydroxyl groups excluding tert-OH is 2. The van der Waals surface area contributed by atoms with Gasteiger partial charge in [0.1, 0.15) is 6.10 Å². The summed E-state index contributed by atoms with van der Waals surface area (Å²) in [6.45, 7) is 10.8. The van der Waals surface area contributed by atoms with Gasteiger partial charge in [-0.2, -0.15) is 0 Å². The molecule has 0 bridgehead atoms. The third-order valence-corrected chi connectivity index (χ3v) is 11.5. The van der Waals surface area contributed by atoms with Gasteiger partial charge in [0, 0.05) is 12.7 Å². The molecule has 0 aliphatic rings. The van der Waals surface area contributed by atoms with Crippen molar-refractivity contribution in [1.29, 1.82) is 0 Å². The second kappa shape index (κ2) is 9.54. The minimum absolute atomic E-state index is 0.0785. The molecule has 2 N–H and O–H groups in total. The van der Waals surface area contributed by atoms with Crippen LogP contribution in [0.3, 0.4) is 0 Å². The van der Waals surface area contributed by atoms with Crippen LogP contribution >= 0.6 is 0 Å². The molecule has 140 valence electrons. The van der Waals surface area contributed by atoms with E-state index in [4.69, 9.17) is 4.74 Å². The van der Waals surface area contributed by atoms with E-state index in [-0.39, 0.29) is 23.3 Å². The summed E-state index contributed by atoms with van der Waals surface area (Å²) in [4.78, 5) is 0. The maximum Gasteiger partial charge on any atom is 0.118 e. The first-order valence-corrected chi connectivity index (χ1v) is 12.1. The lowest BCUT2D eigenvalue weighted by Gasteiger charge is -2.42. The molecule has 1 aromatic rings. The number of hydrogen-bond acceptors (Lipinski definition) is 3. The lowest BCUT2D eigenvalue weighted by atomic mass is 10.1. The molecule has 3 atom stereocenters. The Hall–Kier alpha value is -1.12. The molecule has 0 spiro atoms. The number of hydrogen-bond donors (Lipinski definition) is 2. The van der Waals surface area contributed by atoms with E-state index in [1.165, 1.54) is 5.56 Å². The summed E-state index contributed by atoms with van der Waals surface area (Å²) >= 11 is 0. The fourth-order valence-electron chi connectivity index (χ4n) is 2.70. The smallest absolute Gasteiger partial charge is 0.118 e. The molecular weight excluding hydrogens is 328 g/mol. The third kappa shape index (κ3) is 6.27. The van der Waals surface area contributed by atoms with Crippen molar-refractivity contribution in [1.82, 2.24) is 0 Å². The minimum Gasteiger partial charge on any atom is -0.394 e. The molecule has 4 heteroatoms. The molecule has 1 aromatic carbocycles. The van der Waals surface area contributed by atoms with E-state index < -0.39 is 14.2 Å². The predicted molar refractivity (Wildman–Crippen MR) is 107 cm³/mol. The average molecular weight is 363 g/mol. The highest BCUT2D eigenvalue weighted by Gasteiger charge is 2.44. The zero-order valence-corrected chi connectivity index (χ0v) is 17.5.